The lowest BCUT2D eigenvalue weighted by molar-refractivity contribution is -0.142. The molecule has 0 unspecified atom stereocenters. The van der Waals surface area contributed by atoms with Crippen LogP contribution in [0.1, 0.15) is 30.0 Å². The Morgan fingerprint density at radius 1 is 1.08 bits per heavy atom. The van der Waals surface area contributed by atoms with Crippen LogP contribution in [0.25, 0.3) is 0 Å². The fraction of sp³-hybridized carbons (Fsp3) is 0.321. The lowest BCUT2D eigenvalue weighted by Crippen LogP contribution is -2.47. The average Bonchev–Trinajstić information content (AvgIpc) is 3.30. The van der Waals surface area contributed by atoms with Crippen molar-refractivity contribution in [3.63, 3.8) is 0 Å². The third-order valence-electron chi connectivity index (χ3n) is 6.71. The number of aliphatic hydroxyl groups is 1. The summed E-state index contributed by atoms with van der Waals surface area (Å²) in [7, 11) is 1.58. The highest BCUT2D eigenvalue weighted by molar-refractivity contribution is 5.99. The molecule has 2 aliphatic heterocycles. The van der Waals surface area contributed by atoms with Gasteiger partial charge >= 0.3 is 6.03 Å². The Kier molecular flexibility index (Phi) is 7.71. The molecule has 0 saturated carbocycles. The largest absolute Gasteiger partial charge is 0.497 e. The molecule has 10 heteroatoms. The number of hydrogen-bond donors (Lipinski definition) is 4. The van der Waals surface area contributed by atoms with E-state index in [2.05, 4.69) is 20.9 Å². The van der Waals surface area contributed by atoms with Crippen molar-refractivity contribution in [3.05, 3.63) is 78.1 Å². The Bertz CT molecular complexity index is 1270. The normalized spacial score (nSPS) is 21.4. The number of rotatable bonds is 8. The van der Waals surface area contributed by atoms with E-state index >= 15 is 0 Å². The van der Waals surface area contributed by atoms with Gasteiger partial charge in [0.15, 0.2) is 0 Å². The predicted molar refractivity (Wildman–Crippen MR) is 140 cm³/mol. The number of carbonyl (C=O) groups is 2. The van der Waals surface area contributed by atoms with Gasteiger partial charge in [0.05, 0.1) is 38.5 Å². The molecule has 10 nitrogen and oxygen atoms in total. The van der Waals surface area contributed by atoms with Gasteiger partial charge in [0.2, 0.25) is 5.91 Å². The number of pyridine rings is 1. The van der Waals surface area contributed by atoms with Crippen LogP contribution < -0.4 is 25.4 Å². The number of amides is 3. The van der Waals surface area contributed by atoms with Crippen molar-refractivity contribution in [2.75, 3.05) is 24.4 Å². The number of methoxy groups -OCH3 is 1. The topological polar surface area (TPSA) is 131 Å². The van der Waals surface area contributed by atoms with Crippen LogP contribution in [-0.2, 0) is 16.1 Å². The van der Waals surface area contributed by atoms with Crippen LogP contribution in [0.3, 0.4) is 0 Å². The maximum atomic E-state index is 12.6. The summed E-state index contributed by atoms with van der Waals surface area (Å²) in [5, 5.41) is 18.5. The minimum absolute atomic E-state index is 0.0871. The zero-order valence-electron chi connectivity index (χ0n) is 20.9. The first-order valence-electron chi connectivity index (χ1n) is 12.5. The molecule has 2 aliphatic rings. The van der Waals surface area contributed by atoms with E-state index in [1.807, 2.05) is 24.3 Å². The number of nitrogens with one attached hydrogen (secondary N) is 3. The molecule has 0 radical (unpaired) electrons. The molecule has 3 amide bonds. The summed E-state index contributed by atoms with van der Waals surface area (Å²) >= 11 is 0. The number of anilines is 2. The third-order valence-corrected chi connectivity index (χ3v) is 6.71. The Morgan fingerprint density at radius 2 is 1.87 bits per heavy atom. The average molecular weight is 519 g/mol. The number of aromatic nitrogens is 1. The predicted octanol–water partition coefficient (Wildman–Crippen LogP) is 3.44. The molecule has 3 aromatic rings. The number of nitrogens with zero attached hydrogens (tertiary/aromatic N) is 1. The van der Waals surface area contributed by atoms with Crippen LogP contribution >= 0.6 is 0 Å². The van der Waals surface area contributed by atoms with Gasteiger partial charge in [-0.2, -0.15) is 0 Å². The highest BCUT2D eigenvalue weighted by Gasteiger charge is 2.46. The Labute approximate surface area is 220 Å². The van der Waals surface area contributed by atoms with Gasteiger partial charge in [0.1, 0.15) is 23.7 Å². The van der Waals surface area contributed by atoms with E-state index < -0.39 is 6.10 Å². The zero-order chi connectivity index (χ0) is 26.5. The standard InChI is InChI=1S/C28H30N4O6/c1-36-20-8-5-17(6-9-20)31-28(35)32-18-7-10-24-22(12-18)23-13-21(37-25(16-33)27(23)38-24)14-26(34)30-15-19-4-2-3-11-29-19/h2-12,21,23,25,27,33H,13-16H2,1H3,(H,30,34)(H2,31,32,35)/t21-,23-,25+,27+/m1/s1. The van der Waals surface area contributed by atoms with Gasteiger partial charge in [-0.25, -0.2) is 4.79 Å². The number of hydrogen-bond acceptors (Lipinski definition) is 7. The maximum Gasteiger partial charge on any atom is 0.323 e. The van der Waals surface area contributed by atoms with Gasteiger partial charge in [-0.05, 0) is 61.0 Å². The number of ether oxygens (including phenoxy) is 3. The Morgan fingerprint density at radius 3 is 2.61 bits per heavy atom. The smallest absolute Gasteiger partial charge is 0.323 e. The van der Waals surface area contributed by atoms with E-state index in [9.17, 15) is 14.7 Å². The fourth-order valence-electron chi connectivity index (χ4n) is 4.91. The Hall–Kier alpha value is -4.15. The molecule has 0 bridgehead atoms. The molecule has 198 valence electrons. The van der Waals surface area contributed by atoms with E-state index in [-0.39, 0.29) is 43.1 Å². The van der Waals surface area contributed by atoms with E-state index in [1.54, 1.807) is 49.7 Å². The Balaban J connectivity index is 1.22. The molecule has 1 fully saturated rings. The highest BCUT2D eigenvalue weighted by atomic mass is 16.6. The molecular weight excluding hydrogens is 488 g/mol. The third kappa shape index (κ3) is 5.87. The number of urea groups is 1. The van der Waals surface area contributed by atoms with Crippen LogP contribution in [0.5, 0.6) is 11.5 Å². The molecule has 0 spiro atoms. The molecule has 1 aromatic heterocycles. The first-order chi connectivity index (χ1) is 18.5. The van der Waals surface area contributed by atoms with Crippen LogP contribution in [0.4, 0.5) is 16.2 Å². The molecule has 1 saturated heterocycles. The minimum Gasteiger partial charge on any atom is -0.497 e. The second kappa shape index (κ2) is 11.5. The summed E-state index contributed by atoms with van der Waals surface area (Å²) in [5.74, 6) is 1.14. The second-order valence-electron chi connectivity index (χ2n) is 9.27. The first-order valence-corrected chi connectivity index (χ1v) is 12.5. The van der Waals surface area contributed by atoms with Crippen LogP contribution in [0.15, 0.2) is 66.9 Å². The van der Waals surface area contributed by atoms with Crippen LogP contribution in [-0.4, -0.2) is 54.1 Å². The van der Waals surface area contributed by atoms with Crippen LogP contribution in [0, 0.1) is 0 Å². The molecule has 4 N–H and O–H groups in total. The summed E-state index contributed by atoms with van der Waals surface area (Å²) in [6.07, 6.45) is 1.06. The number of benzene rings is 2. The van der Waals surface area contributed by atoms with Crippen molar-refractivity contribution in [1.82, 2.24) is 10.3 Å². The summed E-state index contributed by atoms with van der Waals surface area (Å²) in [6.45, 7) is 0.109. The van der Waals surface area contributed by atoms with E-state index in [4.69, 9.17) is 14.2 Å². The monoisotopic (exact) mass is 518 g/mol. The quantitative estimate of drug-likeness (QED) is 0.359. The molecule has 2 aromatic carbocycles. The molecule has 5 rings (SSSR count). The van der Waals surface area contributed by atoms with Gasteiger partial charge in [-0.3, -0.25) is 9.78 Å². The number of aliphatic hydroxyl groups excluding tert-OH is 1. The fourth-order valence-corrected chi connectivity index (χ4v) is 4.91. The van der Waals surface area contributed by atoms with Crippen molar-refractivity contribution in [2.45, 2.75) is 43.6 Å². The first kappa shape index (κ1) is 25.5. The van der Waals surface area contributed by atoms with E-state index in [0.717, 1.165) is 11.3 Å². The van der Waals surface area contributed by atoms with Crippen molar-refractivity contribution in [1.29, 1.82) is 0 Å². The van der Waals surface area contributed by atoms with Crippen molar-refractivity contribution in [3.8, 4) is 11.5 Å². The summed E-state index contributed by atoms with van der Waals surface area (Å²) < 4.78 is 17.3. The van der Waals surface area contributed by atoms with E-state index in [0.29, 0.717) is 35.8 Å². The minimum atomic E-state index is -0.565. The zero-order valence-corrected chi connectivity index (χ0v) is 20.9. The summed E-state index contributed by atoms with van der Waals surface area (Å²) in [6, 6.07) is 17.6. The van der Waals surface area contributed by atoms with Gasteiger partial charge in [0, 0.05) is 29.1 Å². The van der Waals surface area contributed by atoms with Crippen molar-refractivity contribution >= 4 is 23.3 Å². The molecule has 4 atom stereocenters. The van der Waals surface area contributed by atoms with Crippen molar-refractivity contribution in [2.24, 2.45) is 0 Å². The molecular formula is C28H30N4O6. The SMILES string of the molecule is COc1ccc(NC(=O)Nc2ccc3c(c2)[C@H]2C[C@H](CC(=O)NCc4ccccn4)O[C@@H](CO)[C@H]2O3)cc1. The molecule has 38 heavy (non-hydrogen) atoms. The molecule has 3 heterocycles. The lowest BCUT2D eigenvalue weighted by Gasteiger charge is -2.37. The number of carbonyl (C=O) groups excluding carboxylic acids is 2. The second-order valence-corrected chi connectivity index (χ2v) is 9.27. The summed E-state index contributed by atoms with van der Waals surface area (Å²) in [5.41, 5.74) is 2.92. The molecule has 0 aliphatic carbocycles. The summed E-state index contributed by atoms with van der Waals surface area (Å²) in [4.78, 5) is 29.4. The van der Waals surface area contributed by atoms with Gasteiger partial charge < -0.3 is 35.3 Å². The number of fused-ring (bicyclic) bond motifs is 3. The van der Waals surface area contributed by atoms with Gasteiger partial charge in [0.25, 0.3) is 0 Å². The highest BCUT2D eigenvalue weighted by Crippen LogP contribution is 2.47. The maximum absolute atomic E-state index is 12.6. The van der Waals surface area contributed by atoms with Crippen LogP contribution in [0.2, 0.25) is 0 Å². The van der Waals surface area contributed by atoms with Gasteiger partial charge in [-0.1, -0.05) is 6.07 Å². The van der Waals surface area contributed by atoms with Crippen molar-refractivity contribution < 1.29 is 28.9 Å². The van der Waals surface area contributed by atoms with Gasteiger partial charge in [-0.15, -0.1) is 0 Å². The van der Waals surface area contributed by atoms with E-state index in [1.165, 1.54) is 0 Å². The lowest BCUT2D eigenvalue weighted by atomic mass is 9.84.